The Morgan fingerprint density at radius 3 is 1.26 bits per heavy atom. The molecule has 2 heterocycles. The van der Waals surface area contributed by atoms with Crippen molar-refractivity contribution in [3.63, 3.8) is 0 Å². The summed E-state index contributed by atoms with van der Waals surface area (Å²) in [5, 5.41) is 2.62. The first-order valence-corrected chi connectivity index (χ1v) is 22.6. The van der Waals surface area contributed by atoms with Crippen LogP contribution in [0.3, 0.4) is 0 Å². The van der Waals surface area contributed by atoms with Gasteiger partial charge >= 0.3 is 0 Å². The fourth-order valence-electron chi connectivity index (χ4n) is 8.46. The predicted octanol–water partition coefficient (Wildman–Crippen LogP) is 12.9. The van der Waals surface area contributed by atoms with Crippen LogP contribution >= 0.6 is 0 Å². The largest absolute Gasteiger partial charge is 0.237 e. The van der Waals surface area contributed by atoms with Crippen molar-refractivity contribution in [2.24, 2.45) is 0 Å². The van der Waals surface area contributed by atoms with Crippen LogP contribution in [-0.4, -0.2) is 18.0 Å². The molecule has 0 amide bonds. The smallest absolute Gasteiger partial charge is 0.159 e. The molecule has 10 rings (SSSR count). The van der Waals surface area contributed by atoms with Crippen LogP contribution in [-0.2, 0) is 0 Å². The molecule has 0 fully saturated rings. The van der Waals surface area contributed by atoms with Crippen molar-refractivity contribution in [3.8, 4) is 89.4 Å². The van der Waals surface area contributed by atoms with Crippen molar-refractivity contribution in [2.75, 3.05) is 0 Å². The molecule has 0 atom stereocenters. The van der Waals surface area contributed by atoms with Crippen molar-refractivity contribution in [1.29, 1.82) is 0 Å². The lowest BCUT2D eigenvalue weighted by Gasteiger charge is -2.19. The number of nitrogens with zero attached hydrogens (tertiary/aromatic N) is 2. The van der Waals surface area contributed by atoms with Crippen LogP contribution in [0.4, 0.5) is 0 Å². The fourth-order valence-corrected chi connectivity index (χ4v) is 11.4. The van der Waals surface area contributed by atoms with Gasteiger partial charge in [-0.3, -0.25) is 0 Å². The normalized spacial score (nSPS) is 12.5. The van der Waals surface area contributed by atoms with Gasteiger partial charge in [0, 0.05) is 22.0 Å². The number of rotatable bonds is 7. The van der Waals surface area contributed by atoms with E-state index in [4.69, 9.17) is 9.97 Å². The molecule has 1 aliphatic heterocycles. The molecule has 0 spiro atoms. The lowest BCUT2D eigenvalue weighted by molar-refractivity contribution is 1.21. The summed E-state index contributed by atoms with van der Waals surface area (Å²) in [5.41, 5.74) is 17.4. The molecule has 0 bridgehead atoms. The molecule has 0 saturated carbocycles. The van der Waals surface area contributed by atoms with Crippen molar-refractivity contribution >= 4 is 18.6 Å². The molecule has 3 heteroatoms. The third-order valence-electron chi connectivity index (χ3n) is 11.4. The number of aromatic nitrogens is 2. The standard InChI is InChI=1S/C54H40N2Si/c1-57(2)50-30-13-12-29-49(50)51-52(44-27-15-23-40(32-44)37-17-6-3-7-18-37)55-53(56-54(51)57)45-28-16-25-42(33-45)41-24-14-26-43(31-41)48-35-46(38-19-8-4-9-20-38)34-47(36-48)39-21-10-5-11-22-39/h3-36H,1-2H3. The van der Waals surface area contributed by atoms with E-state index in [2.05, 4.69) is 219 Å². The molecule has 8 aromatic carbocycles. The highest BCUT2D eigenvalue weighted by Gasteiger charge is 2.41. The second kappa shape index (κ2) is 14.3. The van der Waals surface area contributed by atoms with E-state index in [9.17, 15) is 0 Å². The number of benzene rings is 8. The topological polar surface area (TPSA) is 25.8 Å². The SMILES string of the molecule is C[Si]1(C)c2ccccc2-c2c(-c3cccc(-c4ccccc4)c3)nc(-c3cccc(-c4cccc(-c5cc(-c6ccccc6)cc(-c6ccccc6)c5)c4)c3)nc21. The van der Waals surface area contributed by atoms with Gasteiger partial charge in [-0.2, -0.15) is 0 Å². The maximum Gasteiger partial charge on any atom is 0.159 e. The first-order chi connectivity index (χ1) is 28.0. The zero-order valence-corrected chi connectivity index (χ0v) is 33.0. The Morgan fingerprint density at radius 2 is 0.684 bits per heavy atom. The quantitative estimate of drug-likeness (QED) is 0.152. The van der Waals surface area contributed by atoms with Crippen LogP contribution in [0.2, 0.25) is 13.1 Å². The molecule has 1 aliphatic rings. The van der Waals surface area contributed by atoms with E-state index < -0.39 is 8.07 Å². The maximum atomic E-state index is 5.49. The van der Waals surface area contributed by atoms with E-state index in [0.717, 1.165) is 33.8 Å². The van der Waals surface area contributed by atoms with Gasteiger partial charge in [0.2, 0.25) is 0 Å². The Bertz CT molecular complexity index is 2860. The van der Waals surface area contributed by atoms with Gasteiger partial charge in [-0.25, -0.2) is 9.97 Å². The fraction of sp³-hybridized carbons (Fsp3) is 0.0370. The zero-order valence-electron chi connectivity index (χ0n) is 32.0. The number of hydrogen-bond acceptors (Lipinski definition) is 2. The minimum Gasteiger partial charge on any atom is -0.237 e. The van der Waals surface area contributed by atoms with Crippen LogP contribution in [0, 0.1) is 0 Å². The van der Waals surface area contributed by atoms with E-state index >= 15 is 0 Å². The van der Waals surface area contributed by atoms with Crippen molar-refractivity contribution < 1.29 is 0 Å². The van der Waals surface area contributed by atoms with Gasteiger partial charge in [0.05, 0.1) is 5.69 Å². The monoisotopic (exact) mass is 744 g/mol. The second-order valence-corrected chi connectivity index (χ2v) is 19.7. The predicted molar refractivity (Wildman–Crippen MR) is 242 cm³/mol. The van der Waals surface area contributed by atoms with E-state index in [0.29, 0.717) is 0 Å². The van der Waals surface area contributed by atoms with Crippen LogP contribution in [0.5, 0.6) is 0 Å². The molecule has 0 saturated heterocycles. The van der Waals surface area contributed by atoms with Crippen LogP contribution in [0.1, 0.15) is 0 Å². The third kappa shape index (κ3) is 6.42. The van der Waals surface area contributed by atoms with Gasteiger partial charge < -0.3 is 0 Å². The maximum absolute atomic E-state index is 5.49. The number of fused-ring (bicyclic) bond motifs is 3. The Balaban J connectivity index is 1.09. The first-order valence-electron chi connectivity index (χ1n) is 19.6. The van der Waals surface area contributed by atoms with Crippen molar-refractivity contribution in [2.45, 2.75) is 13.1 Å². The van der Waals surface area contributed by atoms with Crippen molar-refractivity contribution in [3.05, 3.63) is 206 Å². The van der Waals surface area contributed by atoms with Crippen LogP contribution < -0.4 is 10.5 Å². The average molecular weight is 745 g/mol. The van der Waals surface area contributed by atoms with Crippen LogP contribution in [0.15, 0.2) is 206 Å². The van der Waals surface area contributed by atoms with Gasteiger partial charge in [0.25, 0.3) is 0 Å². The van der Waals surface area contributed by atoms with Gasteiger partial charge in [0.1, 0.15) is 8.07 Å². The molecule has 57 heavy (non-hydrogen) atoms. The van der Waals surface area contributed by atoms with Crippen LogP contribution in [0.25, 0.3) is 89.4 Å². The summed E-state index contributed by atoms with van der Waals surface area (Å²) in [4.78, 5) is 11.0. The van der Waals surface area contributed by atoms with Gasteiger partial charge in [-0.15, -0.1) is 0 Å². The number of hydrogen-bond donors (Lipinski definition) is 0. The van der Waals surface area contributed by atoms with E-state index in [-0.39, 0.29) is 0 Å². The molecule has 0 radical (unpaired) electrons. The molecule has 0 unspecified atom stereocenters. The minimum absolute atomic E-state index is 0.767. The Hall–Kier alpha value is -6.94. The van der Waals surface area contributed by atoms with Gasteiger partial charge in [-0.05, 0) is 103 Å². The summed E-state index contributed by atoms with van der Waals surface area (Å²) in [7, 11) is -2.12. The third-order valence-corrected chi connectivity index (χ3v) is 14.7. The summed E-state index contributed by atoms with van der Waals surface area (Å²) in [6.45, 7) is 4.85. The summed E-state index contributed by atoms with van der Waals surface area (Å²) < 4.78 is 0. The van der Waals surface area contributed by atoms with E-state index in [1.807, 2.05) is 0 Å². The summed E-state index contributed by atoms with van der Waals surface area (Å²) in [5.74, 6) is 0.767. The highest BCUT2D eigenvalue weighted by Crippen LogP contribution is 2.39. The lowest BCUT2D eigenvalue weighted by atomic mass is 9.92. The molecule has 9 aromatic rings. The minimum atomic E-state index is -2.12. The summed E-state index contributed by atoms with van der Waals surface area (Å²) in [6.07, 6.45) is 0. The Morgan fingerprint density at radius 1 is 0.316 bits per heavy atom. The molecule has 1 aromatic heterocycles. The lowest BCUT2D eigenvalue weighted by Crippen LogP contribution is -2.50. The van der Waals surface area contributed by atoms with Gasteiger partial charge in [-0.1, -0.05) is 183 Å². The van der Waals surface area contributed by atoms with E-state index in [1.54, 1.807) is 0 Å². The Kier molecular flexibility index (Phi) is 8.66. The molecule has 270 valence electrons. The highest BCUT2D eigenvalue weighted by atomic mass is 28.3. The molecule has 0 aliphatic carbocycles. The van der Waals surface area contributed by atoms with Crippen molar-refractivity contribution in [1.82, 2.24) is 9.97 Å². The van der Waals surface area contributed by atoms with E-state index in [1.165, 1.54) is 66.1 Å². The average Bonchev–Trinajstić information content (AvgIpc) is 3.52. The first kappa shape index (κ1) is 34.5. The molecule has 0 N–H and O–H groups in total. The second-order valence-electron chi connectivity index (χ2n) is 15.4. The zero-order chi connectivity index (χ0) is 38.3. The molecule has 2 nitrogen and oxygen atoms in total. The van der Waals surface area contributed by atoms with Gasteiger partial charge in [0.15, 0.2) is 5.82 Å². The Labute approximate surface area is 335 Å². The summed E-state index contributed by atoms with van der Waals surface area (Å²) >= 11 is 0. The molecular formula is C54H40N2Si. The summed E-state index contributed by atoms with van der Waals surface area (Å²) in [6, 6.07) is 74.2. The molecular weight excluding hydrogens is 705 g/mol. The highest BCUT2D eigenvalue weighted by molar-refractivity contribution is 7.03.